The number of aromatic carboxylic acids is 1. The Morgan fingerprint density at radius 2 is 1.92 bits per heavy atom. The smallest absolute Gasteiger partial charge is 0.337 e. The Bertz CT molecular complexity index is 804. The molecule has 0 saturated heterocycles. The van der Waals surface area contributed by atoms with Gasteiger partial charge in [0.25, 0.3) is 10.1 Å². The predicted octanol–water partition coefficient (Wildman–Crippen LogP) is 1.28. The first-order valence-corrected chi connectivity index (χ1v) is 8.75. The third-order valence-corrected chi connectivity index (χ3v) is 4.57. The molecule has 0 aliphatic heterocycles. The van der Waals surface area contributed by atoms with Gasteiger partial charge in [0.2, 0.25) is 0 Å². The summed E-state index contributed by atoms with van der Waals surface area (Å²) in [6.07, 6.45) is 1.79. The van der Waals surface area contributed by atoms with Crippen LogP contribution in [0.4, 0.5) is 0 Å². The number of nitrogens with zero attached hydrogens (tertiary/aromatic N) is 1. The monoisotopic (exact) mass is 366 g/mol. The van der Waals surface area contributed by atoms with E-state index in [1.807, 2.05) is 0 Å². The van der Waals surface area contributed by atoms with Gasteiger partial charge in [0.05, 0.1) is 17.6 Å². The van der Waals surface area contributed by atoms with Gasteiger partial charge in [0, 0.05) is 24.9 Å². The summed E-state index contributed by atoms with van der Waals surface area (Å²) in [7, 11) is -2.35. The molecule has 0 amide bonds. The number of methoxy groups -OCH3 is 1. The van der Waals surface area contributed by atoms with E-state index in [2.05, 4.69) is 10.3 Å². The van der Waals surface area contributed by atoms with E-state index in [0.29, 0.717) is 24.4 Å². The van der Waals surface area contributed by atoms with Crippen LogP contribution in [0.5, 0.6) is 5.75 Å². The maximum Gasteiger partial charge on any atom is 0.337 e. The summed E-state index contributed by atoms with van der Waals surface area (Å²) in [5.41, 5.74) is 0.807. The Balaban J connectivity index is 1.77. The summed E-state index contributed by atoms with van der Waals surface area (Å²) in [5, 5.41) is 11.6. The maximum absolute atomic E-state index is 12.0. The number of carboxylic acid groups (broad SMARTS) is 1. The standard InChI is InChI=1S/C16H18N2O6S/c1-23-14-4-6-15(7-5-14)25(21,22)24-11-17-9-8-13-3-2-12(10-18-13)16(19)20/h2-7,10,17H,8-9,11H2,1H3,(H,19,20). The van der Waals surface area contributed by atoms with Gasteiger partial charge in [-0.05, 0) is 36.4 Å². The minimum absolute atomic E-state index is 0.0426. The first kappa shape index (κ1) is 18.8. The van der Waals surface area contributed by atoms with Crippen molar-refractivity contribution in [3.05, 3.63) is 53.9 Å². The number of rotatable bonds is 9. The van der Waals surface area contributed by atoms with Crippen LogP contribution >= 0.6 is 0 Å². The highest BCUT2D eigenvalue weighted by atomic mass is 32.2. The van der Waals surface area contributed by atoms with Gasteiger partial charge in [0.15, 0.2) is 0 Å². The molecule has 2 N–H and O–H groups in total. The predicted molar refractivity (Wildman–Crippen MR) is 89.0 cm³/mol. The topological polar surface area (TPSA) is 115 Å². The molecular formula is C16H18N2O6S. The van der Waals surface area contributed by atoms with Crippen molar-refractivity contribution in [1.29, 1.82) is 0 Å². The Labute approximate surface area is 145 Å². The molecule has 0 aliphatic carbocycles. The highest BCUT2D eigenvalue weighted by Gasteiger charge is 2.14. The zero-order valence-electron chi connectivity index (χ0n) is 13.5. The van der Waals surface area contributed by atoms with E-state index in [9.17, 15) is 13.2 Å². The molecule has 0 fully saturated rings. The Kier molecular flexibility index (Phi) is 6.45. The van der Waals surface area contributed by atoms with Crippen LogP contribution < -0.4 is 10.1 Å². The van der Waals surface area contributed by atoms with Crippen molar-refractivity contribution in [2.75, 3.05) is 20.4 Å². The molecule has 0 radical (unpaired) electrons. The van der Waals surface area contributed by atoms with Gasteiger partial charge in [0.1, 0.15) is 12.5 Å². The van der Waals surface area contributed by atoms with Gasteiger partial charge >= 0.3 is 5.97 Å². The number of hydrogen-bond acceptors (Lipinski definition) is 7. The van der Waals surface area contributed by atoms with Crippen LogP contribution in [0.3, 0.4) is 0 Å². The molecular weight excluding hydrogens is 348 g/mol. The summed E-state index contributed by atoms with van der Waals surface area (Å²) in [5.74, 6) is -0.479. The van der Waals surface area contributed by atoms with E-state index in [1.54, 1.807) is 6.07 Å². The number of nitrogens with one attached hydrogen (secondary N) is 1. The fraction of sp³-hybridized carbons (Fsp3) is 0.250. The summed E-state index contributed by atoms with van der Waals surface area (Å²) >= 11 is 0. The van der Waals surface area contributed by atoms with E-state index in [1.165, 1.54) is 43.6 Å². The summed E-state index contributed by atoms with van der Waals surface area (Å²) in [6, 6.07) is 8.96. The lowest BCUT2D eigenvalue weighted by molar-refractivity contribution is 0.0696. The summed E-state index contributed by atoms with van der Waals surface area (Å²) in [6.45, 7) is 0.249. The van der Waals surface area contributed by atoms with Crippen molar-refractivity contribution in [2.24, 2.45) is 0 Å². The molecule has 2 rings (SSSR count). The molecule has 134 valence electrons. The molecule has 1 heterocycles. The van der Waals surface area contributed by atoms with Crippen LogP contribution in [0.15, 0.2) is 47.5 Å². The Morgan fingerprint density at radius 3 is 2.48 bits per heavy atom. The van der Waals surface area contributed by atoms with E-state index < -0.39 is 16.1 Å². The zero-order valence-corrected chi connectivity index (χ0v) is 14.3. The molecule has 1 aromatic heterocycles. The third kappa shape index (κ3) is 5.52. The quantitative estimate of drug-likeness (QED) is 0.387. The zero-order chi connectivity index (χ0) is 18.3. The lowest BCUT2D eigenvalue weighted by Gasteiger charge is -2.08. The molecule has 2 aromatic rings. The number of aromatic nitrogens is 1. The van der Waals surface area contributed by atoms with Gasteiger partial charge in [-0.15, -0.1) is 0 Å². The minimum atomic E-state index is -3.84. The molecule has 9 heteroatoms. The van der Waals surface area contributed by atoms with E-state index in [4.69, 9.17) is 14.0 Å². The van der Waals surface area contributed by atoms with Crippen molar-refractivity contribution in [1.82, 2.24) is 10.3 Å². The number of ether oxygens (including phenoxy) is 1. The second kappa shape index (κ2) is 8.56. The number of carbonyl (C=O) groups is 1. The summed E-state index contributed by atoms with van der Waals surface area (Å²) in [4.78, 5) is 14.8. The number of pyridine rings is 1. The first-order valence-electron chi connectivity index (χ1n) is 7.35. The fourth-order valence-electron chi connectivity index (χ4n) is 1.92. The third-order valence-electron chi connectivity index (χ3n) is 3.29. The van der Waals surface area contributed by atoms with Crippen molar-refractivity contribution in [3.8, 4) is 5.75 Å². The molecule has 25 heavy (non-hydrogen) atoms. The van der Waals surface area contributed by atoms with Crippen molar-refractivity contribution in [3.63, 3.8) is 0 Å². The molecule has 0 atom stereocenters. The second-order valence-corrected chi connectivity index (χ2v) is 6.60. The molecule has 1 aromatic carbocycles. The molecule has 0 aliphatic rings. The van der Waals surface area contributed by atoms with Crippen molar-refractivity contribution in [2.45, 2.75) is 11.3 Å². The molecule has 8 nitrogen and oxygen atoms in total. The number of hydrogen-bond donors (Lipinski definition) is 2. The number of benzene rings is 1. The van der Waals surface area contributed by atoms with Crippen LogP contribution in [-0.2, 0) is 20.7 Å². The van der Waals surface area contributed by atoms with E-state index in [0.717, 1.165) is 0 Å². The summed E-state index contributed by atoms with van der Waals surface area (Å²) < 4.78 is 33.9. The normalized spacial score (nSPS) is 11.2. The Morgan fingerprint density at radius 1 is 1.20 bits per heavy atom. The van der Waals surface area contributed by atoms with Gasteiger partial charge in [-0.25, -0.2) is 4.79 Å². The van der Waals surface area contributed by atoms with Crippen LogP contribution in [0, 0.1) is 0 Å². The largest absolute Gasteiger partial charge is 0.497 e. The van der Waals surface area contributed by atoms with Gasteiger partial charge in [-0.3, -0.25) is 14.5 Å². The lowest BCUT2D eigenvalue weighted by atomic mass is 10.2. The number of carboxylic acids is 1. The van der Waals surface area contributed by atoms with E-state index in [-0.39, 0.29) is 17.2 Å². The van der Waals surface area contributed by atoms with Crippen LogP contribution in [0.25, 0.3) is 0 Å². The van der Waals surface area contributed by atoms with Crippen LogP contribution in [0.1, 0.15) is 16.1 Å². The first-order chi connectivity index (χ1) is 11.9. The van der Waals surface area contributed by atoms with Crippen molar-refractivity contribution < 1.29 is 27.2 Å². The molecule has 0 saturated carbocycles. The average Bonchev–Trinajstić information content (AvgIpc) is 2.62. The highest BCUT2D eigenvalue weighted by Crippen LogP contribution is 2.17. The molecule has 0 unspecified atom stereocenters. The van der Waals surface area contributed by atoms with Gasteiger partial charge in [-0.2, -0.15) is 8.42 Å². The van der Waals surface area contributed by atoms with E-state index >= 15 is 0 Å². The maximum atomic E-state index is 12.0. The highest BCUT2D eigenvalue weighted by molar-refractivity contribution is 7.86. The van der Waals surface area contributed by atoms with Crippen LogP contribution in [-0.4, -0.2) is 44.9 Å². The van der Waals surface area contributed by atoms with Gasteiger partial charge < -0.3 is 9.84 Å². The Hall–Kier alpha value is -2.49. The molecule has 0 bridgehead atoms. The lowest BCUT2D eigenvalue weighted by Crippen LogP contribution is -2.23. The SMILES string of the molecule is COc1ccc(S(=O)(=O)OCNCCc2ccc(C(=O)O)cn2)cc1. The van der Waals surface area contributed by atoms with Gasteiger partial charge in [-0.1, -0.05) is 0 Å². The van der Waals surface area contributed by atoms with Crippen LogP contribution in [0.2, 0.25) is 0 Å². The van der Waals surface area contributed by atoms with Crippen molar-refractivity contribution >= 4 is 16.1 Å². The average molecular weight is 366 g/mol. The second-order valence-electron chi connectivity index (χ2n) is 4.99. The minimum Gasteiger partial charge on any atom is -0.497 e. The fourth-order valence-corrected chi connectivity index (χ4v) is 2.76. The molecule has 0 spiro atoms.